The van der Waals surface area contributed by atoms with Crippen LogP contribution in [0.4, 0.5) is 0 Å². The molecule has 0 amide bonds. The molecule has 0 aliphatic carbocycles. The molecule has 0 aromatic carbocycles. The topological polar surface area (TPSA) is 236 Å². The summed E-state index contributed by atoms with van der Waals surface area (Å²) in [6, 6.07) is 0. The molecule has 48 heavy (non-hydrogen) atoms. The van der Waals surface area contributed by atoms with Gasteiger partial charge in [0.15, 0.2) is 0 Å². The second-order valence-corrected chi connectivity index (χ2v) is 18.2. The number of carbonyl (C=O) groups is 5. The molecular weight excluding hydrogens is 666 g/mol. The Balaban J connectivity index is 5.40. The molecule has 0 aromatic rings. The van der Waals surface area contributed by atoms with Crippen molar-refractivity contribution in [3.63, 3.8) is 0 Å². The fourth-order valence-electron chi connectivity index (χ4n) is 5.84. The third-order valence-corrected chi connectivity index (χ3v) is 14.1. The zero-order chi connectivity index (χ0) is 36.3. The first-order valence-electron chi connectivity index (χ1n) is 17.1. The molecule has 0 saturated carbocycles. The summed E-state index contributed by atoms with van der Waals surface area (Å²) >= 11 is 0. The SMILES string of the molecule is CC(=O)OCC(CCCP(CCCC(CO)CC(=O)O)CCCP(CCCC(CO)CC(=O)O)CCCC(CO)CC(=O)O)CC(=O)O. The number of hydrogen-bond donors (Lipinski definition) is 7. The van der Waals surface area contributed by atoms with E-state index in [1.54, 1.807) is 0 Å². The minimum absolute atomic E-state index is 0.0599. The lowest BCUT2D eigenvalue weighted by atomic mass is 10.0. The molecule has 0 aliphatic rings. The van der Waals surface area contributed by atoms with Crippen LogP contribution >= 0.6 is 15.8 Å². The Kier molecular flexibility index (Phi) is 27.7. The van der Waals surface area contributed by atoms with Gasteiger partial charge in [-0.05, 0) is 113 Å². The molecule has 0 aromatic heterocycles. The molecule has 0 spiro atoms. The zero-order valence-corrected chi connectivity index (χ0v) is 30.3. The lowest BCUT2D eigenvalue weighted by Gasteiger charge is -2.23. The standard InChI is InChI=1S/C33H60O13P2/c1-25(37)46-24-29(20-33(44)45)10-5-14-48(13-4-9-28(23-36)19-32(42)43)16-6-15-47(11-2-7-26(21-34)17-30(38)39)12-3-8-27(22-35)18-31(40)41/h26-29,34-36H,2-24H2,1H3,(H,38,39)(H,40,41)(H,42,43)(H,44,45). The van der Waals surface area contributed by atoms with E-state index >= 15 is 0 Å². The molecule has 0 radical (unpaired) electrons. The predicted octanol–water partition coefficient (Wildman–Crippen LogP) is 4.36. The molecule has 0 fully saturated rings. The number of aliphatic hydroxyl groups is 3. The number of esters is 1. The summed E-state index contributed by atoms with van der Waals surface area (Å²) in [7, 11) is -0.906. The van der Waals surface area contributed by atoms with Gasteiger partial charge < -0.3 is 40.5 Å². The molecule has 5 unspecified atom stereocenters. The maximum absolute atomic E-state index is 11.3. The third kappa shape index (κ3) is 27.0. The Bertz CT molecular complexity index is 890. The first-order valence-corrected chi connectivity index (χ1v) is 20.9. The maximum atomic E-state index is 11.3. The van der Waals surface area contributed by atoms with Gasteiger partial charge in [-0.25, -0.2) is 0 Å². The smallest absolute Gasteiger partial charge is 0.303 e. The number of carboxylic acid groups (broad SMARTS) is 4. The van der Waals surface area contributed by atoms with Gasteiger partial charge in [0.25, 0.3) is 0 Å². The molecule has 0 bridgehead atoms. The Morgan fingerprint density at radius 1 is 0.479 bits per heavy atom. The first kappa shape index (κ1) is 46.1. The molecule has 0 saturated heterocycles. The molecular formula is C33H60O13P2. The Morgan fingerprint density at radius 3 is 1.02 bits per heavy atom. The van der Waals surface area contributed by atoms with Crippen molar-refractivity contribution in [2.24, 2.45) is 23.7 Å². The van der Waals surface area contributed by atoms with E-state index in [1.165, 1.54) is 6.92 Å². The molecule has 13 nitrogen and oxygen atoms in total. The largest absolute Gasteiger partial charge is 0.481 e. The zero-order valence-electron chi connectivity index (χ0n) is 28.5. The normalized spacial score (nSPS) is 15.2. The van der Waals surface area contributed by atoms with Gasteiger partial charge in [-0.1, -0.05) is 0 Å². The number of carbonyl (C=O) groups excluding carboxylic acids is 1. The van der Waals surface area contributed by atoms with Gasteiger partial charge in [0.1, 0.15) is 0 Å². The van der Waals surface area contributed by atoms with E-state index in [4.69, 9.17) is 20.1 Å². The predicted molar refractivity (Wildman–Crippen MR) is 185 cm³/mol. The number of rotatable bonds is 33. The third-order valence-electron chi connectivity index (χ3n) is 8.45. The summed E-state index contributed by atoms with van der Waals surface area (Å²) in [6.07, 6.45) is 11.8. The summed E-state index contributed by atoms with van der Waals surface area (Å²) in [5, 5.41) is 65.4. The van der Waals surface area contributed by atoms with Gasteiger partial charge in [0, 0.05) is 32.7 Å². The highest BCUT2D eigenvalue weighted by molar-refractivity contribution is 7.58. The van der Waals surface area contributed by atoms with E-state index < -0.39 is 45.7 Å². The fraction of sp³-hybridized carbons (Fsp3) is 0.848. The van der Waals surface area contributed by atoms with Gasteiger partial charge in [0.2, 0.25) is 0 Å². The van der Waals surface area contributed by atoms with Crippen LogP contribution < -0.4 is 0 Å². The summed E-state index contributed by atoms with van der Waals surface area (Å²) < 4.78 is 5.08. The highest BCUT2D eigenvalue weighted by atomic mass is 31.1. The summed E-state index contributed by atoms with van der Waals surface area (Å²) in [4.78, 5) is 56.0. The second kappa shape index (κ2) is 28.9. The number of hydrogen-bond acceptors (Lipinski definition) is 9. The number of ether oxygens (including phenoxy) is 1. The van der Waals surface area contributed by atoms with Crippen LogP contribution in [0, 0.1) is 23.7 Å². The fourth-order valence-corrected chi connectivity index (χ4v) is 11.2. The average Bonchev–Trinajstić information content (AvgIpc) is 3.00. The van der Waals surface area contributed by atoms with Crippen LogP contribution in [-0.4, -0.2) is 129 Å². The molecule has 0 heterocycles. The first-order chi connectivity index (χ1) is 22.8. The molecule has 5 atom stereocenters. The van der Waals surface area contributed by atoms with Crippen molar-refractivity contribution in [2.45, 2.75) is 90.4 Å². The average molecular weight is 727 g/mol. The van der Waals surface area contributed by atoms with Crippen molar-refractivity contribution in [2.75, 3.05) is 63.4 Å². The number of aliphatic carboxylic acids is 4. The minimum Gasteiger partial charge on any atom is -0.481 e. The molecule has 0 aliphatic heterocycles. The van der Waals surface area contributed by atoms with Crippen LogP contribution in [0.3, 0.4) is 0 Å². The van der Waals surface area contributed by atoms with Crippen LogP contribution in [-0.2, 0) is 28.7 Å². The quantitative estimate of drug-likeness (QED) is 0.0368. The number of carboxylic acids is 4. The van der Waals surface area contributed by atoms with Crippen molar-refractivity contribution < 1.29 is 64.5 Å². The van der Waals surface area contributed by atoms with E-state index in [0.717, 1.165) is 69.1 Å². The van der Waals surface area contributed by atoms with E-state index in [0.29, 0.717) is 25.7 Å². The van der Waals surface area contributed by atoms with Crippen LogP contribution in [0.25, 0.3) is 0 Å². The summed E-state index contributed by atoms with van der Waals surface area (Å²) in [6.45, 7) is 0.802. The maximum Gasteiger partial charge on any atom is 0.303 e. The number of aliphatic hydroxyl groups excluding tert-OH is 3. The van der Waals surface area contributed by atoms with Crippen LogP contribution in [0.1, 0.15) is 90.4 Å². The van der Waals surface area contributed by atoms with Crippen LogP contribution in [0.15, 0.2) is 0 Å². The van der Waals surface area contributed by atoms with Gasteiger partial charge in [-0.2, -0.15) is 0 Å². The molecule has 0 rings (SSSR count). The van der Waals surface area contributed by atoms with Crippen LogP contribution in [0.5, 0.6) is 0 Å². The Labute approximate surface area is 287 Å². The van der Waals surface area contributed by atoms with Gasteiger partial charge >= 0.3 is 29.8 Å². The van der Waals surface area contributed by atoms with Crippen molar-refractivity contribution >= 4 is 45.7 Å². The molecule has 7 N–H and O–H groups in total. The van der Waals surface area contributed by atoms with E-state index in [9.17, 15) is 44.4 Å². The van der Waals surface area contributed by atoms with Crippen molar-refractivity contribution in [1.29, 1.82) is 0 Å². The Hall–Kier alpha value is -1.91. The van der Waals surface area contributed by atoms with Gasteiger partial charge in [0.05, 0.1) is 32.3 Å². The lowest BCUT2D eigenvalue weighted by molar-refractivity contribution is -0.145. The van der Waals surface area contributed by atoms with Gasteiger partial charge in [-0.15, -0.1) is 15.8 Å². The van der Waals surface area contributed by atoms with Crippen molar-refractivity contribution in [1.82, 2.24) is 0 Å². The summed E-state index contributed by atoms with van der Waals surface area (Å²) in [5.74, 6) is -5.39. The Morgan fingerprint density at radius 2 is 0.750 bits per heavy atom. The van der Waals surface area contributed by atoms with Crippen LogP contribution in [0.2, 0.25) is 0 Å². The monoisotopic (exact) mass is 726 g/mol. The molecule has 15 heteroatoms. The van der Waals surface area contributed by atoms with E-state index in [2.05, 4.69) is 0 Å². The summed E-state index contributed by atoms with van der Waals surface area (Å²) in [5.41, 5.74) is 0. The van der Waals surface area contributed by atoms with Gasteiger partial charge in [-0.3, -0.25) is 24.0 Å². The van der Waals surface area contributed by atoms with Crippen molar-refractivity contribution in [3.05, 3.63) is 0 Å². The second-order valence-electron chi connectivity index (χ2n) is 12.8. The van der Waals surface area contributed by atoms with E-state index in [-0.39, 0.29) is 75.8 Å². The lowest BCUT2D eigenvalue weighted by Crippen LogP contribution is -2.17. The van der Waals surface area contributed by atoms with E-state index in [1.807, 2.05) is 0 Å². The minimum atomic E-state index is -0.946. The highest BCUT2D eigenvalue weighted by Gasteiger charge is 2.20. The highest BCUT2D eigenvalue weighted by Crippen LogP contribution is 2.44. The molecule has 280 valence electrons. The van der Waals surface area contributed by atoms with Crippen molar-refractivity contribution in [3.8, 4) is 0 Å².